The van der Waals surface area contributed by atoms with Gasteiger partial charge >= 0.3 is 12.0 Å². The van der Waals surface area contributed by atoms with Crippen molar-refractivity contribution in [1.29, 1.82) is 0 Å². The second-order valence-electron chi connectivity index (χ2n) is 7.19. The molecule has 0 bridgehead atoms. The molecular weight excluding hydrogens is 438 g/mol. The molecule has 0 amide bonds. The summed E-state index contributed by atoms with van der Waals surface area (Å²) in [7, 11) is 2.85. The number of aromatic nitrogens is 2. The third kappa shape index (κ3) is 5.69. The predicted octanol–water partition coefficient (Wildman–Crippen LogP) is 2.92. The molecular formula is C25H27N3O6. The van der Waals surface area contributed by atoms with Crippen LogP contribution in [0, 0.1) is 0 Å². The minimum Gasteiger partial charge on any atom is -0.481 e. The Morgan fingerprint density at radius 1 is 1.09 bits per heavy atom. The van der Waals surface area contributed by atoms with E-state index in [2.05, 4.69) is 21.9 Å². The number of aliphatic hydroxyl groups is 1. The number of rotatable bonds is 12. The third-order valence-corrected chi connectivity index (χ3v) is 5.15. The molecule has 9 nitrogen and oxygen atoms in total. The molecule has 0 saturated heterocycles. The molecule has 3 aromatic rings. The zero-order chi connectivity index (χ0) is 24.5. The van der Waals surface area contributed by atoms with Crippen LogP contribution in [0.1, 0.15) is 16.7 Å². The molecule has 0 spiro atoms. The average molecular weight is 466 g/mol. The number of aliphatic hydroxyl groups excluding tert-OH is 1. The number of carboxylic acids is 1. The number of methoxy groups -OCH3 is 2. The van der Waals surface area contributed by atoms with Gasteiger partial charge in [-0.05, 0) is 22.3 Å². The van der Waals surface area contributed by atoms with E-state index in [1.807, 2.05) is 48.5 Å². The van der Waals surface area contributed by atoms with Crippen LogP contribution in [0.3, 0.4) is 0 Å². The zero-order valence-electron chi connectivity index (χ0n) is 19.0. The van der Waals surface area contributed by atoms with Gasteiger partial charge in [0.1, 0.15) is 12.6 Å². The van der Waals surface area contributed by atoms with Gasteiger partial charge in [0.05, 0.1) is 26.4 Å². The summed E-state index contributed by atoms with van der Waals surface area (Å²) >= 11 is 0. The van der Waals surface area contributed by atoms with Crippen LogP contribution < -0.4 is 19.5 Å². The molecule has 0 radical (unpaired) electrons. The van der Waals surface area contributed by atoms with Gasteiger partial charge in [-0.2, -0.15) is 9.97 Å². The second kappa shape index (κ2) is 11.8. The van der Waals surface area contributed by atoms with Crippen molar-refractivity contribution in [2.75, 3.05) is 20.8 Å². The van der Waals surface area contributed by atoms with Crippen molar-refractivity contribution in [1.82, 2.24) is 15.3 Å². The van der Waals surface area contributed by atoms with E-state index < -0.39 is 18.6 Å². The minimum absolute atomic E-state index is 0.00386. The lowest BCUT2D eigenvalue weighted by Gasteiger charge is -2.17. The smallest absolute Gasteiger partial charge is 0.323 e. The second-order valence-corrected chi connectivity index (χ2v) is 7.19. The standard InChI is InChI=1S/C25H27N3O6/c1-4-18-17(11-8-12-19(18)16-9-6-5-7-10-16)15-34-25-27-22(32-2)20(23(28-25)33-3)13-26-21(14-29)24(30)31/h4-12,21,26,29H,1,13-15H2,2-3H3,(H,30,31)/t21-/m0/s1. The van der Waals surface area contributed by atoms with E-state index in [-0.39, 0.29) is 30.9 Å². The van der Waals surface area contributed by atoms with Crippen LogP contribution in [-0.2, 0) is 17.9 Å². The molecule has 0 saturated carbocycles. The number of nitrogens with one attached hydrogen (secondary N) is 1. The van der Waals surface area contributed by atoms with Gasteiger partial charge in [-0.15, -0.1) is 0 Å². The Balaban J connectivity index is 1.84. The molecule has 9 heteroatoms. The summed E-state index contributed by atoms with van der Waals surface area (Å²) in [6.45, 7) is 3.57. The molecule has 178 valence electrons. The van der Waals surface area contributed by atoms with Gasteiger partial charge in [-0.25, -0.2) is 0 Å². The summed E-state index contributed by atoms with van der Waals surface area (Å²) < 4.78 is 16.6. The third-order valence-electron chi connectivity index (χ3n) is 5.15. The van der Waals surface area contributed by atoms with Crippen LogP contribution in [-0.4, -0.2) is 53.0 Å². The van der Waals surface area contributed by atoms with Crippen LogP contribution in [0.25, 0.3) is 17.2 Å². The van der Waals surface area contributed by atoms with E-state index in [4.69, 9.17) is 19.3 Å². The Morgan fingerprint density at radius 3 is 2.32 bits per heavy atom. The molecule has 1 aromatic heterocycles. The van der Waals surface area contributed by atoms with Crippen molar-refractivity contribution < 1.29 is 29.2 Å². The van der Waals surface area contributed by atoms with Gasteiger partial charge < -0.3 is 24.4 Å². The van der Waals surface area contributed by atoms with E-state index >= 15 is 0 Å². The Bertz CT molecular complexity index is 1110. The maximum absolute atomic E-state index is 11.2. The Kier molecular flexibility index (Phi) is 8.55. The quantitative estimate of drug-likeness (QED) is 0.370. The zero-order valence-corrected chi connectivity index (χ0v) is 19.0. The van der Waals surface area contributed by atoms with E-state index in [9.17, 15) is 9.90 Å². The molecule has 0 unspecified atom stereocenters. The first-order valence-electron chi connectivity index (χ1n) is 10.5. The van der Waals surface area contributed by atoms with Crippen LogP contribution >= 0.6 is 0 Å². The van der Waals surface area contributed by atoms with Gasteiger partial charge in [-0.1, -0.05) is 61.2 Å². The fourth-order valence-corrected chi connectivity index (χ4v) is 3.43. The van der Waals surface area contributed by atoms with Crippen LogP contribution in [0.15, 0.2) is 55.1 Å². The lowest BCUT2D eigenvalue weighted by molar-refractivity contribution is -0.140. The van der Waals surface area contributed by atoms with E-state index in [0.717, 1.165) is 22.3 Å². The molecule has 3 rings (SSSR count). The van der Waals surface area contributed by atoms with E-state index in [1.165, 1.54) is 14.2 Å². The number of benzene rings is 2. The summed E-state index contributed by atoms with van der Waals surface area (Å²) in [5.74, 6) is -0.853. The summed E-state index contributed by atoms with van der Waals surface area (Å²) in [4.78, 5) is 19.7. The number of carbonyl (C=O) groups is 1. The molecule has 0 aliphatic carbocycles. The Morgan fingerprint density at radius 2 is 1.76 bits per heavy atom. The number of aliphatic carboxylic acids is 1. The molecule has 1 atom stereocenters. The summed E-state index contributed by atoms with van der Waals surface area (Å²) in [6, 6.07) is 14.8. The minimum atomic E-state index is -1.18. The number of nitrogens with zero attached hydrogens (tertiary/aromatic N) is 2. The average Bonchev–Trinajstić information content (AvgIpc) is 2.87. The number of carboxylic acid groups (broad SMARTS) is 1. The van der Waals surface area contributed by atoms with E-state index in [1.54, 1.807) is 6.08 Å². The van der Waals surface area contributed by atoms with Crippen molar-refractivity contribution in [2.45, 2.75) is 19.2 Å². The Labute approximate surface area is 197 Å². The molecule has 3 N–H and O–H groups in total. The largest absolute Gasteiger partial charge is 0.481 e. The first kappa shape index (κ1) is 24.7. The molecule has 1 heterocycles. The fourth-order valence-electron chi connectivity index (χ4n) is 3.43. The molecule has 2 aromatic carbocycles. The van der Waals surface area contributed by atoms with Gasteiger partial charge in [0, 0.05) is 6.54 Å². The summed E-state index contributed by atoms with van der Waals surface area (Å²) in [6.07, 6.45) is 1.79. The van der Waals surface area contributed by atoms with Gasteiger partial charge in [0.15, 0.2) is 0 Å². The first-order valence-corrected chi connectivity index (χ1v) is 10.5. The van der Waals surface area contributed by atoms with E-state index in [0.29, 0.717) is 5.56 Å². The van der Waals surface area contributed by atoms with Gasteiger partial charge in [-0.3, -0.25) is 10.1 Å². The normalized spacial score (nSPS) is 11.5. The van der Waals surface area contributed by atoms with Crippen molar-refractivity contribution in [3.63, 3.8) is 0 Å². The van der Waals surface area contributed by atoms with Crippen molar-refractivity contribution in [3.05, 3.63) is 71.8 Å². The number of ether oxygens (including phenoxy) is 3. The highest BCUT2D eigenvalue weighted by atomic mass is 16.5. The highest BCUT2D eigenvalue weighted by molar-refractivity contribution is 5.76. The van der Waals surface area contributed by atoms with Crippen LogP contribution in [0.4, 0.5) is 0 Å². The highest BCUT2D eigenvalue weighted by Gasteiger charge is 2.21. The lowest BCUT2D eigenvalue weighted by Crippen LogP contribution is -2.39. The van der Waals surface area contributed by atoms with Crippen molar-refractivity contribution in [3.8, 4) is 28.9 Å². The summed E-state index contributed by atoms with van der Waals surface area (Å²) in [5.41, 5.74) is 4.34. The predicted molar refractivity (Wildman–Crippen MR) is 127 cm³/mol. The van der Waals surface area contributed by atoms with Crippen molar-refractivity contribution >= 4 is 12.0 Å². The highest BCUT2D eigenvalue weighted by Crippen LogP contribution is 2.30. The molecule has 34 heavy (non-hydrogen) atoms. The molecule has 0 aliphatic heterocycles. The topological polar surface area (TPSA) is 123 Å². The number of hydrogen-bond donors (Lipinski definition) is 3. The Hall–Kier alpha value is -3.95. The molecule has 0 fully saturated rings. The summed E-state index contributed by atoms with van der Waals surface area (Å²) in [5, 5.41) is 21.0. The maximum atomic E-state index is 11.2. The monoisotopic (exact) mass is 465 g/mol. The molecule has 0 aliphatic rings. The fraction of sp³-hybridized carbons (Fsp3) is 0.240. The first-order chi connectivity index (χ1) is 16.5. The van der Waals surface area contributed by atoms with Crippen LogP contribution in [0.5, 0.6) is 17.8 Å². The number of hydrogen-bond acceptors (Lipinski definition) is 8. The van der Waals surface area contributed by atoms with Crippen LogP contribution in [0.2, 0.25) is 0 Å². The lowest BCUT2D eigenvalue weighted by atomic mass is 9.96. The van der Waals surface area contributed by atoms with Crippen molar-refractivity contribution in [2.24, 2.45) is 0 Å². The SMILES string of the molecule is C=Cc1c(COc2nc(OC)c(CN[C@@H](CO)C(=O)O)c(OC)n2)cccc1-c1ccccc1. The maximum Gasteiger partial charge on any atom is 0.323 e. The van der Waals surface area contributed by atoms with Gasteiger partial charge in [0.2, 0.25) is 11.8 Å². The van der Waals surface area contributed by atoms with Gasteiger partial charge in [0.25, 0.3) is 0 Å².